The number of hydrogen-bond donors (Lipinski definition) is 0. The zero-order valence-corrected chi connectivity index (χ0v) is 14.2. The Labute approximate surface area is 154 Å². The summed E-state index contributed by atoms with van der Waals surface area (Å²) in [5.41, 5.74) is -10.3. The van der Waals surface area contributed by atoms with Crippen molar-refractivity contribution in [1.82, 2.24) is 4.98 Å². The highest BCUT2D eigenvalue weighted by Crippen LogP contribution is 2.55. The molecule has 0 saturated heterocycles. The van der Waals surface area contributed by atoms with Crippen molar-refractivity contribution in [2.24, 2.45) is 0 Å². The minimum atomic E-state index is -6.70. The second-order valence-electron chi connectivity index (χ2n) is 5.02. The maximum atomic E-state index is 14.3. The Bertz CT molecular complexity index is 894. The first-order chi connectivity index (χ1) is 12.3. The van der Waals surface area contributed by atoms with Gasteiger partial charge in [-0.2, -0.15) is 26.3 Å². The van der Waals surface area contributed by atoms with Crippen LogP contribution in [0, 0.1) is 23.5 Å². The second kappa shape index (κ2) is 7.07. The van der Waals surface area contributed by atoms with E-state index in [-0.39, 0.29) is 5.56 Å². The molecule has 1 heterocycles. The zero-order chi connectivity index (χ0) is 20.6. The van der Waals surface area contributed by atoms with Crippen LogP contribution in [0.25, 0.3) is 0 Å². The molecule has 1 nitrogen and oxygen atoms in total. The average molecular weight is 462 g/mol. The summed E-state index contributed by atoms with van der Waals surface area (Å²) < 4.78 is 118. The van der Waals surface area contributed by atoms with Gasteiger partial charge in [-0.25, -0.2) is 18.2 Å². The maximum Gasteiger partial charge on any atom is 0.436 e. The number of nitrogens with zero attached hydrogens (tertiary/aromatic N) is 1. The normalized spacial score (nSPS) is 12.5. The zero-order valence-electron chi connectivity index (χ0n) is 12.6. The number of aromatic nitrogens is 1. The molecule has 2 aromatic rings. The van der Waals surface area contributed by atoms with Gasteiger partial charge < -0.3 is 0 Å². The van der Waals surface area contributed by atoms with E-state index in [0.29, 0.717) is 0 Å². The molecule has 0 amide bonds. The smallest absolute Gasteiger partial charge is 0.226 e. The van der Waals surface area contributed by atoms with E-state index in [1.165, 1.54) is 24.3 Å². The van der Waals surface area contributed by atoms with E-state index in [2.05, 4.69) is 26.8 Å². The summed E-state index contributed by atoms with van der Waals surface area (Å²) in [5, 5.41) is 0. The molecule has 0 radical (unpaired) electrons. The number of hydrogen-bond acceptors (Lipinski definition) is 1. The van der Waals surface area contributed by atoms with E-state index < -0.39 is 45.5 Å². The van der Waals surface area contributed by atoms with Crippen LogP contribution in [0.5, 0.6) is 0 Å². The van der Waals surface area contributed by atoms with Gasteiger partial charge in [0, 0.05) is 5.56 Å². The van der Waals surface area contributed by atoms with Gasteiger partial charge in [0.25, 0.3) is 0 Å². The molecule has 0 N–H and O–H groups in total. The van der Waals surface area contributed by atoms with Crippen LogP contribution in [0.4, 0.5) is 39.5 Å². The third kappa shape index (κ3) is 3.76. The topological polar surface area (TPSA) is 12.9 Å². The fraction of sp³-hybridized carbons (Fsp3) is 0.188. The Hall–Kier alpha value is -2.22. The van der Waals surface area contributed by atoms with E-state index in [1.807, 2.05) is 5.92 Å². The monoisotopic (exact) mass is 461 g/mol. The van der Waals surface area contributed by atoms with E-state index in [9.17, 15) is 39.5 Å². The predicted molar refractivity (Wildman–Crippen MR) is 79.2 cm³/mol. The highest BCUT2D eigenvalue weighted by Gasteiger charge is 2.75. The molecule has 0 bridgehead atoms. The van der Waals surface area contributed by atoms with Crippen LogP contribution in [0.15, 0.2) is 34.9 Å². The third-order valence-electron chi connectivity index (χ3n) is 3.26. The van der Waals surface area contributed by atoms with Crippen LogP contribution in [0.3, 0.4) is 0 Å². The Morgan fingerprint density at radius 2 is 1.30 bits per heavy atom. The Kier molecular flexibility index (Phi) is 5.52. The van der Waals surface area contributed by atoms with E-state index in [1.54, 1.807) is 6.07 Å². The molecule has 0 aliphatic rings. The summed E-state index contributed by atoms with van der Waals surface area (Å²) in [7, 11) is 0. The quantitative estimate of drug-likeness (QED) is 0.296. The molecule has 0 spiro atoms. The Morgan fingerprint density at radius 3 is 1.78 bits per heavy atom. The van der Waals surface area contributed by atoms with Crippen molar-refractivity contribution < 1.29 is 39.5 Å². The average Bonchev–Trinajstić information content (AvgIpc) is 2.56. The number of alkyl halides is 7. The van der Waals surface area contributed by atoms with E-state index >= 15 is 0 Å². The third-order valence-corrected chi connectivity index (χ3v) is 3.79. The van der Waals surface area contributed by atoms with Crippen molar-refractivity contribution in [2.45, 2.75) is 18.0 Å². The van der Waals surface area contributed by atoms with Crippen LogP contribution in [0.1, 0.15) is 16.8 Å². The van der Waals surface area contributed by atoms with Crippen molar-refractivity contribution in [2.75, 3.05) is 0 Å². The molecule has 0 aliphatic carbocycles. The van der Waals surface area contributed by atoms with Crippen molar-refractivity contribution >= 4 is 15.9 Å². The van der Waals surface area contributed by atoms with Crippen molar-refractivity contribution in [1.29, 1.82) is 0 Å². The standard InChI is InChI=1S/C16H5BrF9N/c17-13-12(19)10(14(20,15(21,22)23)16(24,25)26)11(18)9(27-13)7-6-8-4-2-1-3-5-8/h1-5H. The minimum Gasteiger partial charge on any atom is -0.226 e. The van der Waals surface area contributed by atoms with Crippen molar-refractivity contribution in [3.05, 3.63) is 63.4 Å². The van der Waals surface area contributed by atoms with E-state index in [4.69, 9.17) is 0 Å². The number of halogens is 10. The summed E-state index contributed by atoms with van der Waals surface area (Å²) in [6, 6.07) is 7.38. The van der Waals surface area contributed by atoms with Crippen molar-refractivity contribution in [3.63, 3.8) is 0 Å². The Balaban J connectivity index is 2.79. The lowest BCUT2D eigenvalue weighted by Gasteiger charge is -2.30. The number of rotatable bonds is 1. The molecular formula is C16H5BrF9N. The van der Waals surface area contributed by atoms with Gasteiger partial charge in [0.15, 0.2) is 17.3 Å². The summed E-state index contributed by atoms with van der Waals surface area (Å²) in [6.45, 7) is 0. The fourth-order valence-electron chi connectivity index (χ4n) is 2.00. The second-order valence-corrected chi connectivity index (χ2v) is 5.78. The number of pyridine rings is 1. The van der Waals surface area contributed by atoms with Gasteiger partial charge in [-0.05, 0) is 34.0 Å². The SMILES string of the molecule is Fc1c(Br)nc(C#Cc2ccccc2)c(F)c1C(F)(C(F)(F)F)C(F)(F)F. The molecular weight excluding hydrogens is 457 g/mol. The first-order valence-corrected chi connectivity index (χ1v) is 7.54. The van der Waals surface area contributed by atoms with Gasteiger partial charge in [-0.1, -0.05) is 24.1 Å². The van der Waals surface area contributed by atoms with Gasteiger partial charge >= 0.3 is 18.0 Å². The predicted octanol–water partition coefficient (Wildman–Crippen LogP) is 5.81. The van der Waals surface area contributed by atoms with Crippen LogP contribution >= 0.6 is 15.9 Å². The molecule has 1 aromatic carbocycles. The lowest BCUT2D eigenvalue weighted by molar-refractivity contribution is -0.350. The molecule has 11 heteroatoms. The van der Waals surface area contributed by atoms with Crippen LogP contribution < -0.4 is 0 Å². The molecule has 2 rings (SSSR count). The highest BCUT2D eigenvalue weighted by molar-refractivity contribution is 9.10. The van der Waals surface area contributed by atoms with Crippen LogP contribution in [-0.2, 0) is 5.67 Å². The lowest BCUT2D eigenvalue weighted by Crippen LogP contribution is -2.51. The van der Waals surface area contributed by atoms with Gasteiger partial charge in [0.1, 0.15) is 4.60 Å². The molecule has 0 aliphatic heterocycles. The summed E-state index contributed by atoms with van der Waals surface area (Å²) >= 11 is 2.26. The van der Waals surface area contributed by atoms with Crippen LogP contribution in [0.2, 0.25) is 0 Å². The molecule has 0 saturated carbocycles. The van der Waals surface area contributed by atoms with E-state index in [0.717, 1.165) is 0 Å². The van der Waals surface area contributed by atoms with Gasteiger partial charge in [-0.15, -0.1) is 0 Å². The minimum absolute atomic E-state index is 0.207. The molecule has 0 fully saturated rings. The lowest BCUT2D eigenvalue weighted by atomic mass is 9.93. The summed E-state index contributed by atoms with van der Waals surface area (Å²) in [6.07, 6.45) is -13.4. The van der Waals surface area contributed by atoms with Crippen molar-refractivity contribution in [3.8, 4) is 11.8 Å². The molecule has 0 atom stereocenters. The number of benzene rings is 1. The highest BCUT2D eigenvalue weighted by atomic mass is 79.9. The Morgan fingerprint density at radius 1 is 0.778 bits per heavy atom. The first-order valence-electron chi connectivity index (χ1n) is 6.75. The molecule has 1 aromatic heterocycles. The molecule has 144 valence electrons. The maximum absolute atomic E-state index is 14.3. The largest absolute Gasteiger partial charge is 0.436 e. The summed E-state index contributed by atoms with van der Waals surface area (Å²) in [5.74, 6) is -0.878. The van der Waals surface area contributed by atoms with Gasteiger partial charge in [0.05, 0.1) is 5.56 Å². The molecule has 0 unspecified atom stereocenters. The fourth-order valence-corrected chi connectivity index (χ4v) is 2.37. The summed E-state index contributed by atoms with van der Waals surface area (Å²) in [4.78, 5) is 3.12. The van der Waals surface area contributed by atoms with Gasteiger partial charge in [-0.3, -0.25) is 0 Å². The van der Waals surface area contributed by atoms with Gasteiger partial charge in [0.2, 0.25) is 0 Å². The van der Waals surface area contributed by atoms with Crippen LogP contribution in [-0.4, -0.2) is 17.3 Å². The molecule has 27 heavy (non-hydrogen) atoms. The first kappa shape index (κ1) is 21.1.